The fraction of sp³-hybridized carbons (Fsp3) is 0.500. The summed E-state index contributed by atoms with van der Waals surface area (Å²) in [5.41, 5.74) is 0. The molecule has 0 heterocycles. The number of aliphatic hydroxyl groups excluding tert-OH is 3. The summed E-state index contributed by atoms with van der Waals surface area (Å²) in [5, 5.41) is 25.0. The summed E-state index contributed by atoms with van der Waals surface area (Å²) < 4.78 is 3.77. The van der Waals surface area contributed by atoms with E-state index in [0.29, 0.717) is 0 Å². The standard InChI is InChI=1S/C6H8O7/c7-1-3(9)5(11)6(12)13-4(10)2-8/h5,7-8,11H,1-2H2. The van der Waals surface area contributed by atoms with Gasteiger partial charge in [-0.05, 0) is 0 Å². The van der Waals surface area contributed by atoms with Gasteiger partial charge in [0.1, 0.15) is 13.2 Å². The molecule has 0 saturated carbocycles. The van der Waals surface area contributed by atoms with Gasteiger partial charge in [0.2, 0.25) is 6.10 Å². The van der Waals surface area contributed by atoms with Crippen molar-refractivity contribution >= 4 is 17.7 Å². The highest BCUT2D eigenvalue weighted by atomic mass is 16.6. The van der Waals surface area contributed by atoms with Crippen LogP contribution in [-0.2, 0) is 19.1 Å². The Balaban J connectivity index is 4.11. The van der Waals surface area contributed by atoms with Gasteiger partial charge in [-0.1, -0.05) is 0 Å². The van der Waals surface area contributed by atoms with Crippen molar-refractivity contribution in [2.24, 2.45) is 0 Å². The third-order valence-electron chi connectivity index (χ3n) is 1.03. The maximum atomic E-state index is 10.6. The largest absolute Gasteiger partial charge is 0.389 e. The van der Waals surface area contributed by atoms with Gasteiger partial charge in [-0.25, -0.2) is 9.59 Å². The van der Waals surface area contributed by atoms with Crippen LogP contribution >= 0.6 is 0 Å². The first-order valence-electron chi connectivity index (χ1n) is 3.20. The van der Waals surface area contributed by atoms with Gasteiger partial charge >= 0.3 is 11.9 Å². The molecule has 7 nitrogen and oxygen atoms in total. The number of aliphatic hydroxyl groups is 3. The third kappa shape index (κ3) is 3.74. The van der Waals surface area contributed by atoms with Crippen molar-refractivity contribution in [1.82, 2.24) is 0 Å². The first kappa shape index (κ1) is 11.7. The number of carbonyl (C=O) groups excluding carboxylic acids is 3. The van der Waals surface area contributed by atoms with E-state index in [4.69, 9.17) is 15.3 Å². The van der Waals surface area contributed by atoms with Crippen LogP contribution in [0, 0.1) is 0 Å². The number of carbonyl (C=O) groups is 3. The number of Topliss-reactive ketones (excluding diaryl/α,β-unsaturated/α-hetero) is 1. The average Bonchev–Trinajstić information content (AvgIpc) is 2.14. The molecule has 74 valence electrons. The minimum atomic E-state index is -2.19. The number of hydrogen-bond donors (Lipinski definition) is 3. The fourth-order valence-corrected chi connectivity index (χ4v) is 0.418. The highest BCUT2D eigenvalue weighted by Crippen LogP contribution is 1.91. The van der Waals surface area contributed by atoms with Crippen molar-refractivity contribution in [3.63, 3.8) is 0 Å². The van der Waals surface area contributed by atoms with E-state index in [9.17, 15) is 14.4 Å². The Morgan fingerprint density at radius 1 is 1.15 bits per heavy atom. The second-order valence-electron chi connectivity index (χ2n) is 1.98. The molecular weight excluding hydrogens is 184 g/mol. The summed E-state index contributed by atoms with van der Waals surface area (Å²) in [6, 6.07) is 0. The van der Waals surface area contributed by atoms with E-state index in [2.05, 4.69) is 4.74 Å². The smallest absolute Gasteiger partial charge is 0.350 e. The molecule has 0 amide bonds. The Labute approximate surface area is 72.5 Å². The van der Waals surface area contributed by atoms with Crippen molar-refractivity contribution in [3.05, 3.63) is 0 Å². The Hall–Kier alpha value is -1.31. The number of ether oxygens (including phenoxy) is 1. The molecule has 0 aromatic rings. The van der Waals surface area contributed by atoms with E-state index >= 15 is 0 Å². The highest BCUT2D eigenvalue weighted by Gasteiger charge is 2.26. The van der Waals surface area contributed by atoms with Crippen molar-refractivity contribution in [1.29, 1.82) is 0 Å². The van der Waals surface area contributed by atoms with Crippen LogP contribution in [0.25, 0.3) is 0 Å². The quantitative estimate of drug-likeness (QED) is 0.320. The maximum Gasteiger partial charge on any atom is 0.350 e. The Bertz CT molecular complexity index is 221. The molecule has 0 aromatic carbocycles. The van der Waals surface area contributed by atoms with Crippen LogP contribution < -0.4 is 0 Å². The molecule has 0 fully saturated rings. The number of hydrogen-bond acceptors (Lipinski definition) is 7. The van der Waals surface area contributed by atoms with Crippen molar-refractivity contribution < 1.29 is 34.4 Å². The van der Waals surface area contributed by atoms with E-state index in [1.807, 2.05) is 0 Å². The number of ketones is 1. The summed E-state index contributed by atoms with van der Waals surface area (Å²) in [6.07, 6.45) is -2.19. The average molecular weight is 192 g/mol. The second-order valence-corrected chi connectivity index (χ2v) is 1.98. The van der Waals surface area contributed by atoms with Gasteiger partial charge in [-0.3, -0.25) is 4.79 Å². The van der Waals surface area contributed by atoms with Crippen LogP contribution in [-0.4, -0.2) is 52.4 Å². The van der Waals surface area contributed by atoms with Gasteiger partial charge in [-0.2, -0.15) is 0 Å². The molecule has 1 unspecified atom stereocenters. The topological polar surface area (TPSA) is 121 Å². The summed E-state index contributed by atoms with van der Waals surface area (Å²) in [5.74, 6) is -3.98. The Morgan fingerprint density at radius 2 is 1.69 bits per heavy atom. The number of rotatable bonds is 4. The molecule has 0 spiro atoms. The highest BCUT2D eigenvalue weighted by molar-refractivity contribution is 6.05. The van der Waals surface area contributed by atoms with Gasteiger partial charge in [0, 0.05) is 0 Å². The van der Waals surface area contributed by atoms with Crippen molar-refractivity contribution in [3.8, 4) is 0 Å². The van der Waals surface area contributed by atoms with Crippen molar-refractivity contribution in [2.75, 3.05) is 13.2 Å². The first-order valence-corrected chi connectivity index (χ1v) is 3.20. The summed E-state index contributed by atoms with van der Waals surface area (Å²) >= 11 is 0. The van der Waals surface area contributed by atoms with Crippen molar-refractivity contribution in [2.45, 2.75) is 6.10 Å². The van der Waals surface area contributed by atoms with Crippen LogP contribution in [0.2, 0.25) is 0 Å². The molecule has 0 radical (unpaired) electrons. The Kier molecular flexibility index (Phi) is 4.82. The lowest BCUT2D eigenvalue weighted by Gasteiger charge is -2.05. The lowest BCUT2D eigenvalue weighted by atomic mass is 10.2. The monoisotopic (exact) mass is 192 g/mol. The molecule has 0 aliphatic heterocycles. The van der Waals surface area contributed by atoms with E-state index in [-0.39, 0.29) is 0 Å². The number of esters is 2. The SMILES string of the molecule is O=C(CO)OC(=O)C(O)C(=O)CO. The van der Waals surface area contributed by atoms with E-state index in [1.165, 1.54) is 0 Å². The van der Waals surface area contributed by atoms with Gasteiger partial charge in [0.15, 0.2) is 5.78 Å². The normalized spacial score (nSPS) is 11.9. The predicted molar refractivity (Wildman–Crippen MR) is 36.3 cm³/mol. The summed E-state index contributed by atoms with van der Waals surface area (Å²) in [7, 11) is 0. The molecule has 13 heavy (non-hydrogen) atoms. The van der Waals surface area contributed by atoms with E-state index < -0.39 is 37.0 Å². The molecule has 0 aromatic heterocycles. The molecule has 0 rings (SSSR count). The van der Waals surface area contributed by atoms with Crippen LogP contribution in [0.5, 0.6) is 0 Å². The lowest BCUT2D eigenvalue weighted by Crippen LogP contribution is -2.35. The zero-order valence-electron chi connectivity index (χ0n) is 6.47. The van der Waals surface area contributed by atoms with Crippen LogP contribution in [0.1, 0.15) is 0 Å². The predicted octanol–water partition coefficient (Wildman–Crippen LogP) is -3.03. The molecule has 0 saturated heterocycles. The Morgan fingerprint density at radius 3 is 2.08 bits per heavy atom. The molecule has 0 bridgehead atoms. The van der Waals surface area contributed by atoms with E-state index in [1.54, 1.807) is 0 Å². The molecule has 3 N–H and O–H groups in total. The zero-order chi connectivity index (χ0) is 10.4. The summed E-state index contributed by atoms with van der Waals surface area (Å²) in [6.45, 7) is -2.07. The summed E-state index contributed by atoms with van der Waals surface area (Å²) in [4.78, 5) is 31.3. The van der Waals surface area contributed by atoms with Gasteiger partial charge in [0.25, 0.3) is 0 Å². The maximum absolute atomic E-state index is 10.6. The van der Waals surface area contributed by atoms with Crippen LogP contribution in [0.3, 0.4) is 0 Å². The fourth-order valence-electron chi connectivity index (χ4n) is 0.418. The zero-order valence-corrected chi connectivity index (χ0v) is 6.47. The van der Waals surface area contributed by atoms with Crippen LogP contribution in [0.15, 0.2) is 0 Å². The molecule has 7 heteroatoms. The van der Waals surface area contributed by atoms with Crippen LogP contribution in [0.4, 0.5) is 0 Å². The molecule has 1 atom stereocenters. The molecule has 0 aliphatic carbocycles. The minimum Gasteiger partial charge on any atom is -0.389 e. The van der Waals surface area contributed by atoms with Gasteiger partial charge in [-0.15, -0.1) is 0 Å². The van der Waals surface area contributed by atoms with Gasteiger partial charge in [0.05, 0.1) is 0 Å². The first-order chi connectivity index (χ1) is 6.02. The molecular formula is C6H8O7. The second kappa shape index (κ2) is 5.36. The molecule has 0 aliphatic rings. The van der Waals surface area contributed by atoms with Gasteiger partial charge < -0.3 is 20.1 Å². The third-order valence-corrected chi connectivity index (χ3v) is 1.03. The van der Waals surface area contributed by atoms with E-state index in [0.717, 1.165) is 0 Å². The minimum absolute atomic E-state index is 1.04. The lowest BCUT2D eigenvalue weighted by molar-refractivity contribution is -0.169.